The highest BCUT2D eigenvalue weighted by Crippen LogP contribution is 2.25. The molecule has 0 aromatic heterocycles. The number of nitrogens with one attached hydrogen (secondary N) is 1. The number of aliphatic imine (C=N–C) groups is 1. The van der Waals surface area contributed by atoms with Crippen LogP contribution in [-0.2, 0) is 4.74 Å². The fourth-order valence-electron chi connectivity index (χ4n) is 1.82. The molecule has 1 heterocycles. The third kappa shape index (κ3) is 2.42. The van der Waals surface area contributed by atoms with E-state index in [1.807, 2.05) is 0 Å². The van der Waals surface area contributed by atoms with Crippen molar-refractivity contribution in [1.82, 2.24) is 10.2 Å². The summed E-state index contributed by atoms with van der Waals surface area (Å²) in [6, 6.07) is 6.17. The number of hydrogen-bond acceptors (Lipinski definition) is 4. The van der Waals surface area contributed by atoms with E-state index in [2.05, 4.69) is 15.0 Å². The van der Waals surface area contributed by atoms with Gasteiger partial charge in [-0.15, -0.1) is 0 Å². The number of alkyl carbamates (subject to hydrolysis) is 1. The minimum absolute atomic E-state index is 0.293. The number of methoxy groups -OCH3 is 1. The smallest absolute Gasteiger partial charge is 0.413 e. The van der Waals surface area contributed by atoms with Gasteiger partial charge in [0, 0.05) is 19.2 Å². The zero-order chi connectivity index (χ0) is 13.1. The number of benzene rings is 1. The molecule has 1 aromatic rings. The summed E-state index contributed by atoms with van der Waals surface area (Å²) in [5.74, 6) is 0.0917. The maximum Gasteiger partial charge on any atom is 0.413 e. The van der Waals surface area contributed by atoms with Gasteiger partial charge in [0.25, 0.3) is 0 Å². The molecule has 2 rings (SSSR count). The van der Waals surface area contributed by atoms with E-state index in [1.165, 1.54) is 13.2 Å². The zero-order valence-corrected chi connectivity index (χ0v) is 10.2. The second kappa shape index (κ2) is 5.03. The molecule has 1 amide bonds. The third-order valence-corrected chi connectivity index (χ3v) is 2.75. The van der Waals surface area contributed by atoms with Crippen LogP contribution in [-0.4, -0.2) is 37.7 Å². The van der Waals surface area contributed by atoms with Crippen molar-refractivity contribution in [2.24, 2.45) is 4.99 Å². The van der Waals surface area contributed by atoms with Crippen LogP contribution in [0.25, 0.3) is 0 Å². The minimum atomic E-state index is -0.588. The monoisotopic (exact) mass is 251 g/mol. The number of ether oxygens (including phenoxy) is 1. The molecule has 1 aliphatic rings. The van der Waals surface area contributed by atoms with Gasteiger partial charge in [0.15, 0.2) is 0 Å². The van der Waals surface area contributed by atoms with Gasteiger partial charge in [-0.2, -0.15) is 0 Å². The Morgan fingerprint density at radius 2 is 2.28 bits per heavy atom. The first-order valence-electron chi connectivity index (χ1n) is 5.50. The van der Waals surface area contributed by atoms with Gasteiger partial charge < -0.3 is 9.64 Å². The Hall–Kier alpha value is -2.11. The Balaban J connectivity index is 2.18. The van der Waals surface area contributed by atoms with Crippen molar-refractivity contribution in [3.8, 4) is 0 Å². The van der Waals surface area contributed by atoms with Crippen molar-refractivity contribution >= 4 is 12.1 Å². The number of carbonyl (C=O) groups excluding carboxylic acids is 1. The lowest BCUT2D eigenvalue weighted by Gasteiger charge is -2.14. The average molecular weight is 251 g/mol. The van der Waals surface area contributed by atoms with Crippen LogP contribution in [0.5, 0.6) is 0 Å². The van der Waals surface area contributed by atoms with E-state index in [-0.39, 0.29) is 11.9 Å². The summed E-state index contributed by atoms with van der Waals surface area (Å²) in [4.78, 5) is 17.1. The highest BCUT2D eigenvalue weighted by atomic mass is 19.1. The lowest BCUT2D eigenvalue weighted by molar-refractivity contribution is 0.176. The molecule has 1 unspecified atom stereocenters. The molecule has 0 aliphatic carbocycles. The number of likely N-dealkylation sites (N-methyl/N-ethyl adjacent to an activating group) is 1. The van der Waals surface area contributed by atoms with Crippen molar-refractivity contribution in [2.45, 2.75) is 6.04 Å². The molecule has 0 saturated heterocycles. The first-order valence-corrected chi connectivity index (χ1v) is 5.50. The predicted molar refractivity (Wildman–Crippen MR) is 64.7 cm³/mol. The van der Waals surface area contributed by atoms with E-state index in [0.29, 0.717) is 18.1 Å². The van der Waals surface area contributed by atoms with E-state index in [1.54, 1.807) is 30.1 Å². The Kier molecular flexibility index (Phi) is 3.45. The summed E-state index contributed by atoms with van der Waals surface area (Å²) in [5.41, 5.74) is 0.519. The molecule has 0 saturated carbocycles. The molecule has 18 heavy (non-hydrogen) atoms. The lowest BCUT2D eigenvalue weighted by Crippen LogP contribution is -2.39. The van der Waals surface area contributed by atoms with Gasteiger partial charge in [-0.25, -0.2) is 14.2 Å². The number of guanidine groups is 1. The van der Waals surface area contributed by atoms with Crippen LogP contribution in [0.3, 0.4) is 0 Å². The number of amides is 1. The molecule has 1 N–H and O–H groups in total. The molecular weight excluding hydrogens is 237 g/mol. The lowest BCUT2D eigenvalue weighted by atomic mass is 10.1. The van der Waals surface area contributed by atoms with Crippen LogP contribution in [0, 0.1) is 5.82 Å². The van der Waals surface area contributed by atoms with Crippen molar-refractivity contribution in [1.29, 1.82) is 0 Å². The van der Waals surface area contributed by atoms with E-state index in [9.17, 15) is 9.18 Å². The third-order valence-electron chi connectivity index (χ3n) is 2.75. The van der Waals surface area contributed by atoms with Crippen LogP contribution >= 0.6 is 0 Å². The van der Waals surface area contributed by atoms with Crippen LogP contribution in [0.1, 0.15) is 11.6 Å². The Morgan fingerprint density at radius 3 is 2.94 bits per heavy atom. The second-order valence-electron chi connectivity index (χ2n) is 3.99. The summed E-state index contributed by atoms with van der Waals surface area (Å²) in [7, 11) is 3.05. The molecule has 0 fully saturated rings. The Morgan fingerprint density at radius 1 is 1.56 bits per heavy atom. The average Bonchev–Trinajstić information content (AvgIpc) is 2.71. The van der Waals surface area contributed by atoms with E-state index in [0.717, 1.165) is 0 Å². The van der Waals surface area contributed by atoms with E-state index < -0.39 is 6.09 Å². The molecule has 0 bridgehead atoms. The standard InChI is InChI=1S/C12H14FN3O2/c1-16-7-10(8-5-3-4-6-9(8)13)14-11(16)15-12(17)18-2/h3-6,10H,7H2,1-2H3,(H,14,15,17). The second-order valence-corrected chi connectivity index (χ2v) is 3.99. The first kappa shape index (κ1) is 12.3. The SMILES string of the molecule is COC(=O)NC1=NC(c2ccccc2F)CN1C. The number of halogens is 1. The maximum absolute atomic E-state index is 13.6. The van der Waals surface area contributed by atoms with Crippen molar-refractivity contribution < 1.29 is 13.9 Å². The van der Waals surface area contributed by atoms with Gasteiger partial charge in [-0.3, -0.25) is 5.32 Å². The summed E-state index contributed by atoms with van der Waals surface area (Å²) < 4.78 is 18.1. The number of nitrogens with zero attached hydrogens (tertiary/aromatic N) is 2. The molecule has 5 nitrogen and oxygen atoms in total. The highest BCUT2D eigenvalue weighted by Gasteiger charge is 2.26. The number of carbonyl (C=O) groups is 1. The van der Waals surface area contributed by atoms with Gasteiger partial charge in [0.05, 0.1) is 13.2 Å². The first-order chi connectivity index (χ1) is 8.61. The molecule has 6 heteroatoms. The largest absolute Gasteiger partial charge is 0.453 e. The Bertz CT molecular complexity index is 490. The molecule has 1 aromatic carbocycles. The molecule has 96 valence electrons. The van der Waals surface area contributed by atoms with Crippen molar-refractivity contribution in [3.63, 3.8) is 0 Å². The normalized spacial score (nSPS) is 18.5. The molecular formula is C12H14FN3O2. The topological polar surface area (TPSA) is 53.9 Å². The summed E-state index contributed by atoms with van der Waals surface area (Å²) >= 11 is 0. The van der Waals surface area contributed by atoms with Crippen LogP contribution in [0.2, 0.25) is 0 Å². The van der Waals surface area contributed by atoms with Crippen LogP contribution in [0.15, 0.2) is 29.3 Å². The van der Waals surface area contributed by atoms with E-state index in [4.69, 9.17) is 0 Å². The maximum atomic E-state index is 13.6. The van der Waals surface area contributed by atoms with Crippen LogP contribution < -0.4 is 5.32 Å². The van der Waals surface area contributed by atoms with E-state index >= 15 is 0 Å². The highest BCUT2D eigenvalue weighted by molar-refractivity contribution is 5.94. The van der Waals surface area contributed by atoms with Gasteiger partial charge in [0.1, 0.15) is 5.82 Å². The predicted octanol–water partition coefficient (Wildman–Crippen LogP) is 1.52. The zero-order valence-electron chi connectivity index (χ0n) is 10.2. The van der Waals surface area contributed by atoms with Gasteiger partial charge in [-0.1, -0.05) is 18.2 Å². The number of hydrogen-bond donors (Lipinski definition) is 1. The fraction of sp³-hybridized carbons (Fsp3) is 0.333. The van der Waals surface area contributed by atoms with Gasteiger partial charge >= 0.3 is 6.09 Å². The molecule has 0 spiro atoms. The van der Waals surface area contributed by atoms with Crippen molar-refractivity contribution in [2.75, 3.05) is 20.7 Å². The molecule has 1 aliphatic heterocycles. The fourth-order valence-corrected chi connectivity index (χ4v) is 1.82. The minimum Gasteiger partial charge on any atom is -0.453 e. The quantitative estimate of drug-likeness (QED) is 0.823. The van der Waals surface area contributed by atoms with Crippen LogP contribution in [0.4, 0.5) is 9.18 Å². The summed E-state index contributed by atoms with van der Waals surface area (Å²) in [6.45, 7) is 0.514. The number of rotatable bonds is 1. The van der Waals surface area contributed by atoms with Gasteiger partial charge in [0.2, 0.25) is 5.96 Å². The Labute approximate surface area is 104 Å². The van der Waals surface area contributed by atoms with Crippen molar-refractivity contribution in [3.05, 3.63) is 35.6 Å². The molecule has 0 radical (unpaired) electrons. The summed E-state index contributed by atoms with van der Waals surface area (Å²) in [5, 5.41) is 2.49. The van der Waals surface area contributed by atoms with Gasteiger partial charge in [-0.05, 0) is 6.07 Å². The molecule has 1 atom stereocenters. The summed E-state index contributed by atoms with van der Waals surface area (Å²) in [6.07, 6.45) is -0.588.